The highest BCUT2D eigenvalue weighted by atomic mass is 19.2. The van der Waals surface area contributed by atoms with Crippen molar-refractivity contribution in [1.82, 2.24) is 0 Å². The molecule has 0 fully saturated rings. The van der Waals surface area contributed by atoms with Crippen molar-refractivity contribution in [1.29, 1.82) is 0 Å². The van der Waals surface area contributed by atoms with E-state index in [1.165, 1.54) is 42.5 Å². The van der Waals surface area contributed by atoms with Crippen molar-refractivity contribution in [3.8, 4) is 11.5 Å². The molecule has 0 radical (unpaired) electrons. The Morgan fingerprint density at radius 1 is 0.875 bits per heavy atom. The SMILES string of the molecule is C=CCOc1ccc2cc(C(F)=C(F)c3ccc(OCC=CC)cc3)c(F)c(F)c2c1F. The van der Waals surface area contributed by atoms with E-state index < -0.39 is 40.1 Å². The van der Waals surface area contributed by atoms with Gasteiger partial charge in [0.05, 0.1) is 10.9 Å². The third-order valence-corrected chi connectivity index (χ3v) is 4.56. The maximum Gasteiger partial charge on any atom is 0.175 e. The Balaban J connectivity index is 2.01. The van der Waals surface area contributed by atoms with Crippen LogP contribution in [-0.2, 0) is 0 Å². The van der Waals surface area contributed by atoms with Crippen LogP contribution in [0.25, 0.3) is 22.4 Å². The second-order valence-electron chi connectivity index (χ2n) is 6.66. The first-order valence-corrected chi connectivity index (χ1v) is 9.63. The number of ether oxygens (including phenoxy) is 2. The minimum absolute atomic E-state index is 0.0493. The van der Waals surface area contributed by atoms with E-state index in [0.29, 0.717) is 12.4 Å². The van der Waals surface area contributed by atoms with Crippen LogP contribution in [-0.4, -0.2) is 13.2 Å². The molecule has 0 heterocycles. The van der Waals surface area contributed by atoms with E-state index in [9.17, 15) is 22.0 Å². The van der Waals surface area contributed by atoms with Crippen LogP contribution in [0.4, 0.5) is 22.0 Å². The molecule has 0 unspecified atom stereocenters. The molecule has 32 heavy (non-hydrogen) atoms. The third-order valence-electron chi connectivity index (χ3n) is 4.56. The lowest BCUT2D eigenvalue weighted by Gasteiger charge is -2.11. The number of halogens is 5. The van der Waals surface area contributed by atoms with Gasteiger partial charge in [-0.3, -0.25) is 0 Å². The minimum atomic E-state index is -1.71. The van der Waals surface area contributed by atoms with E-state index in [1.54, 1.807) is 12.2 Å². The molecule has 0 aliphatic carbocycles. The lowest BCUT2D eigenvalue weighted by molar-refractivity contribution is 0.343. The largest absolute Gasteiger partial charge is 0.490 e. The van der Waals surface area contributed by atoms with Gasteiger partial charge in [-0.05, 0) is 48.7 Å². The summed E-state index contributed by atoms with van der Waals surface area (Å²) in [7, 11) is 0. The van der Waals surface area contributed by atoms with Gasteiger partial charge in [0, 0.05) is 5.56 Å². The lowest BCUT2D eigenvalue weighted by Crippen LogP contribution is -2.00. The van der Waals surface area contributed by atoms with Gasteiger partial charge in [-0.15, -0.1) is 0 Å². The number of allylic oxidation sites excluding steroid dienone is 1. The first-order chi connectivity index (χ1) is 15.4. The van der Waals surface area contributed by atoms with Crippen LogP contribution in [0.5, 0.6) is 11.5 Å². The second-order valence-corrected chi connectivity index (χ2v) is 6.66. The van der Waals surface area contributed by atoms with Gasteiger partial charge in [0.25, 0.3) is 0 Å². The summed E-state index contributed by atoms with van der Waals surface area (Å²) in [6.07, 6.45) is 4.92. The number of rotatable bonds is 8. The summed E-state index contributed by atoms with van der Waals surface area (Å²) in [4.78, 5) is 0. The predicted molar refractivity (Wildman–Crippen MR) is 115 cm³/mol. The quantitative estimate of drug-likeness (QED) is 0.202. The van der Waals surface area contributed by atoms with Crippen LogP contribution in [0.1, 0.15) is 18.1 Å². The van der Waals surface area contributed by atoms with Gasteiger partial charge in [-0.1, -0.05) is 30.9 Å². The molecule has 166 valence electrons. The number of benzene rings is 3. The topological polar surface area (TPSA) is 18.5 Å². The predicted octanol–water partition coefficient (Wildman–Crippen LogP) is 7.54. The van der Waals surface area contributed by atoms with Crippen LogP contribution >= 0.6 is 0 Å². The van der Waals surface area contributed by atoms with Crippen molar-refractivity contribution in [3.05, 3.63) is 95.9 Å². The molecule has 0 aliphatic rings. The van der Waals surface area contributed by atoms with Gasteiger partial charge in [-0.25, -0.2) is 22.0 Å². The summed E-state index contributed by atoms with van der Waals surface area (Å²) < 4.78 is 83.7. The van der Waals surface area contributed by atoms with Crippen LogP contribution in [0.3, 0.4) is 0 Å². The van der Waals surface area contributed by atoms with E-state index in [4.69, 9.17) is 9.47 Å². The number of hydrogen-bond acceptors (Lipinski definition) is 2. The molecule has 0 atom stereocenters. The maximum absolute atomic E-state index is 14.8. The molecule has 0 bridgehead atoms. The molecule has 2 nitrogen and oxygen atoms in total. The number of fused-ring (bicyclic) bond motifs is 1. The fourth-order valence-electron chi connectivity index (χ4n) is 2.96. The molecule has 7 heteroatoms. The average Bonchev–Trinajstić information content (AvgIpc) is 2.80. The van der Waals surface area contributed by atoms with Crippen molar-refractivity contribution >= 4 is 22.4 Å². The molecule has 3 aromatic rings. The van der Waals surface area contributed by atoms with Crippen LogP contribution in [0.15, 0.2) is 67.3 Å². The standard InChI is InChI=1S/C25H19F5O2/c1-3-5-13-31-17-9-6-15(7-10-17)21(26)22(27)18-14-16-8-11-19(32-12-4-2)24(29)20(16)25(30)23(18)28/h3-11,14H,2,12-13H2,1H3. The smallest absolute Gasteiger partial charge is 0.175 e. The molecule has 0 spiro atoms. The van der Waals surface area contributed by atoms with Crippen LogP contribution in [0.2, 0.25) is 0 Å². The highest BCUT2D eigenvalue weighted by Crippen LogP contribution is 2.37. The van der Waals surface area contributed by atoms with E-state index in [1.807, 2.05) is 6.92 Å². The molecule has 0 saturated carbocycles. The molecular formula is C25H19F5O2. The normalized spacial score (nSPS) is 12.2. The lowest BCUT2D eigenvalue weighted by atomic mass is 10.0. The Labute approximate surface area is 181 Å². The van der Waals surface area contributed by atoms with Crippen molar-refractivity contribution in [2.45, 2.75) is 6.92 Å². The van der Waals surface area contributed by atoms with Crippen LogP contribution in [0, 0.1) is 17.5 Å². The Bertz CT molecular complexity index is 1200. The summed E-state index contributed by atoms with van der Waals surface area (Å²) in [5.74, 6) is -7.40. The first-order valence-electron chi connectivity index (χ1n) is 9.63. The molecule has 3 aromatic carbocycles. The summed E-state index contributed by atoms with van der Waals surface area (Å²) >= 11 is 0. The summed E-state index contributed by atoms with van der Waals surface area (Å²) in [5.41, 5.74) is -1.15. The molecule has 3 rings (SSSR count). The minimum Gasteiger partial charge on any atom is -0.490 e. The highest BCUT2D eigenvalue weighted by Gasteiger charge is 2.23. The van der Waals surface area contributed by atoms with E-state index in [-0.39, 0.29) is 23.3 Å². The Kier molecular flexibility index (Phi) is 7.30. The first kappa shape index (κ1) is 23.1. The molecular weight excluding hydrogens is 427 g/mol. The zero-order valence-corrected chi connectivity index (χ0v) is 17.1. The van der Waals surface area contributed by atoms with Crippen molar-refractivity contribution in [3.63, 3.8) is 0 Å². The van der Waals surface area contributed by atoms with E-state index >= 15 is 0 Å². The monoisotopic (exact) mass is 446 g/mol. The van der Waals surface area contributed by atoms with Gasteiger partial charge < -0.3 is 9.47 Å². The van der Waals surface area contributed by atoms with E-state index in [0.717, 1.165) is 6.07 Å². The molecule has 0 saturated heterocycles. The fourth-order valence-corrected chi connectivity index (χ4v) is 2.96. The van der Waals surface area contributed by atoms with Gasteiger partial charge in [0.1, 0.15) is 19.0 Å². The maximum atomic E-state index is 14.8. The molecule has 0 amide bonds. The number of hydrogen-bond donors (Lipinski definition) is 0. The second kappa shape index (κ2) is 10.1. The average molecular weight is 446 g/mol. The fraction of sp³-hybridized carbons (Fsp3) is 0.120. The third kappa shape index (κ3) is 4.66. The van der Waals surface area contributed by atoms with Gasteiger partial charge >= 0.3 is 0 Å². The molecule has 0 N–H and O–H groups in total. The Morgan fingerprint density at radius 3 is 2.25 bits per heavy atom. The highest BCUT2D eigenvalue weighted by molar-refractivity contribution is 5.91. The van der Waals surface area contributed by atoms with Gasteiger partial charge in [-0.2, -0.15) is 0 Å². The van der Waals surface area contributed by atoms with Gasteiger partial charge in [0.15, 0.2) is 34.9 Å². The Hall–Kier alpha value is -3.61. The van der Waals surface area contributed by atoms with Crippen molar-refractivity contribution in [2.75, 3.05) is 13.2 Å². The summed E-state index contributed by atoms with van der Waals surface area (Å²) in [6.45, 7) is 5.50. The van der Waals surface area contributed by atoms with Crippen molar-refractivity contribution < 1.29 is 31.4 Å². The van der Waals surface area contributed by atoms with E-state index in [2.05, 4.69) is 6.58 Å². The van der Waals surface area contributed by atoms with Crippen LogP contribution < -0.4 is 9.47 Å². The zero-order chi connectivity index (χ0) is 23.3. The van der Waals surface area contributed by atoms with Crippen molar-refractivity contribution in [2.24, 2.45) is 0 Å². The molecule has 0 aromatic heterocycles. The Morgan fingerprint density at radius 2 is 1.59 bits per heavy atom. The molecule has 0 aliphatic heterocycles. The zero-order valence-electron chi connectivity index (χ0n) is 17.1. The summed E-state index contributed by atoms with van der Waals surface area (Å²) in [5, 5.41) is -0.873. The summed E-state index contributed by atoms with van der Waals surface area (Å²) in [6, 6.07) is 8.60. The van der Waals surface area contributed by atoms with Gasteiger partial charge in [0.2, 0.25) is 0 Å².